The number of aliphatic hydroxyl groups excluding tert-OH is 2. The van der Waals surface area contributed by atoms with E-state index in [9.17, 15) is 0 Å². The fraction of sp³-hybridized carbons (Fsp3) is 0.889. The highest BCUT2D eigenvalue weighted by Crippen LogP contribution is 2.16. The van der Waals surface area contributed by atoms with Gasteiger partial charge in [-0.05, 0) is 12.8 Å². The Morgan fingerprint density at radius 1 is 0.708 bits per heavy atom. The minimum Gasteiger partial charge on any atom is -0.395 e. The summed E-state index contributed by atoms with van der Waals surface area (Å²) >= 11 is 0. The minimum atomic E-state index is 0.224. The molecule has 0 amide bonds. The molecule has 0 fully saturated rings. The van der Waals surface area contributed by atoms with Crippen molar-refractivity contribution in [3.63, 3.8) is 0 Å². The van der Waals surface area contributed by atoms with Crippen LogP contribution in [0, 0.1) is 0 Å². The van der Waals surface area contributed by atoms with Gasteiger partial charge in [0.2, 0.25) is 0 Å². The van der Waals surface area contributed by atoms with E-state index >= 15 is 0 Å². The van der Waals surface area contributed by atoms with E-state index in [1.165, 1.54) is 38.5 Å². The van der Waals surface area contributed by atoms with Gasteiger partial charge < -0.3 is 10.2 Å². The summed E-state index contributed by atoms with van der Waals surface area (Å²) in [5.41, 5.74) is 0. The van der Waals surface area contributed by atoms with Gasteiger partial charge in [0.05, 0.1) is 26.6 Å². The molecule has 0 bridgehead atoms. The molecule has 0 aliphatic carbocycles. The van der Waals surface area contributed by atoms with Gasteiger partial charge >= 0.3 is 0 Å². The fourth-order valence-corrected chi connectivity index (χ4v) is 3.60. The quantitative estimate of drug-likeness (QED) is 0.500. The Morgan fingerprint density at radius 2 is 1.12 bits per heavy atom. The van der Waals surface area contributed by atoms with E-state index in [4.69, 9.17) is 10.2 Å². The predicted molar refractivity (Wildman–Crippen MR) is 98.8 cm³/mol. The number of nitrogens with zero attached hydrogens (tertiary/aromatic N) is 4. The van der Waals surface area contributed by atoms with Gasteiger partial charge in [0.15, 0.2) is 0 Å². The standard InChI is InChI=1S/C18H34N4O2/c23-11-9-21-15-19-13-17(21)7-5-3-1-2-4-6-8-18-14-20-16-22(18)10-12-24/h13-14,17-18,23-24H,1-12,15-16H2. The molecule has 138 valence electrons. The van der Waals surface area contributed by atoms with E-state index in [1.807, 2.05) is 0 Å². The highest BCUT2D eigenvalue weighted by Gasteiger charge is 2.20. The summed E-state index contributed by atoms with van der Waals surface area (Å²) in [5.74, 6) is 0. The van der Waals surface area contributed by atoms with Gasteiger partial charge in [-0.2, -0.15) is 0 Å². The molecule has 2 rings (SSSR count). The highest BCUT2D eigenvalue weighted by molar-refractivity contribution is 5.66. The van der Waals surface area contributed by atoms with E-state index in [1.54, 1.807) is 0 Å². The Morgan fingerprint density at radius 3 is 1.54 bits per heavy atom. The van der Waals surface area contributed by atoms with Gasteiger partial charge in [-0.25, -0.2) is 0 Å². The Labute approximate surface area is 146 Å². The van der Waals surface area contributed by atoms with Crippen LogP contribution in [0.25, 0.3) is 0 Å². The van der Waals surface area contributed by atoms with Crippen molar-refractivity contribution in [3.8, 4) is 0 Å². The van der Waals surface area contributed by atoms with Gasteiger partial charge in [0.1, 0.15) is 0 Å². The van der Waals surface area contributed by atoms with Crippen LogP contribution in [0.3, 0.4) is 0 Å². The van der Waals surface area contributed by atoms with Crippen molar-refractivity contribution < 1.29 is 10.2 Å². The van der Waals surface area contributed by atoms with Gasteiger partial charge in [-0.3, -0.25) is 19.8 Å². The molecule has 2 aliphatic rings. The second-order valence-corrected chi connectivity index (χ2v) is 6.85. The molecular weight excluding hydrogens is 304 g/mol. The number of β-amino-alcohol motifs (C(OH)–C–C–N with tert-alkyl or cyclic N) is 2. The fourth-order valence-electron chi connectivity index (χ4n) is 3.60. The summed E-state index contributed by atoms with van der Waals surface area (Å²) in [7, 11) is 0. The summed E-state index contributed by atoms with van der Waals surface area (Å²) in [6, 6.07) is 0.882. The molecule has 2 aliphatic heterocycles. The van der Waals surface area contributed by atoms with Crippen LogP contribution in [-0.4, -0.2) is 84.2 Å². The average molecular weight is 338 g/mol. The number of hydrogen-bond acceptors (Lipinski definition) is 6. The lowest BCUT2D eigenvalue weighted by Crippen LogP contribution is -2.34. The Balaban J connectivity index is 1.43. The van der Waals surface area contributed by atoms with Crippen LogP contribution in [-0.2, 0) is 0 Å². The first-order valence-corrected chi connectivity index (χ1v) is 9.55. The smallest absolute Gasteiger partial charge is 0.0912 e. The monoisotopic (exact) mass is 338 g/mol. The third-order valence-electron chi connectivity index (χ3n) is 5.04. The van der Waals surface area contributed by atoms with Crippen LogP contribution in [0.4, 0.5) is 0 Å². The third kappa shape index (κ3) is 6.59. The molecule has 0 aromatic rings. The van der Waals surface area contributed by atoms with Crippen molar-refractivity contribution in [2.75, 3.05) is 39.6 Å². The molecule has 2 N–H and O–H groups in total. The molecule has 6 nitrogen and oxygen atoms in total. The SMILES string of the molecule is OCCN1CN=CC1CCCCCCCCC1C=NCN1CCO. The van der Waals surface area contributed by atoms with E-state index < -0.39 is 0 Å². The van der Waals surface area contributed by atoms with E-state index in [-0.39, 0.29) is 13.2 Å². The first-order chi connectivity index (χ1) is 11.8. The first-order valence-electron chi connectivity index (χ1n) is 9.55. The molecule has 2 unspecified atom stereocenters. The second-order valence-electron chi connectivity index (χ2n) is 6.85. The average Bonchev–Trinajstić information content (AvgIpc) is 3.20. The summed E-state index contributed by atoms with van der Waals surface area (Å²) in [6.07, 6.45) is 14.1. The lowest BCUT2D eigenvalue weighted by atomic mass is 10.0. The van der Waals surface area contributed by atoms with Crippen LogP contribution >= 0.6 is 0 Å². The maximum atomic E-state index is 9.04. The summed E-state index contributed by atoms with van der Waals surface area (Å²) < 4.78 is 0. The van der Waals surface area contributed by atoms with Crippen molar-refractivity contribution in [1.82, 2.24) is 9.80 Å². The number of unbranched alkanes of at least 4 members (excludes halogenated alkanes) is 5. The van der Waals surface area contributed by atoms with Crippen LogP contribution < -0.4 is 0 Å². The van der Waals surface area contributed by atoms with Crippen molar-refractivity contribution in [2.45, 2.75) is 63.5 Å². The third-order valence-corrected chi connectivity index (χ3v) is 5.04. The van der Waals surface area contributed by atoms with Crippen LogP contribution in [0.15, 0.2) is 9.98 Å². The van der Waals surface area contributed by atoms with Crippen molar-refractivity contribution in [1.29, 1.82) is 0 Å². The molecule has 0 aromatic carbocycles. The molecule has 0 spiro atoms. The summed E-state index contributed by atoms with van der Waals surface area (Å²) in [6.45, 7) is 3.43. The summed E-state index contributed by atoms with van der Waals surface area (Å²) in [4.78, 5) is 13.1. The largest absolute Gasteiger partial charge is 0.395 e. The zero-order valence-electron chi connectivity index (χ0n) is 14.9. The van der Waals surface area contributed by atoms with Gasteiger partial charge in [-0.15, -0.1) is 0 Å². The molecule has 2 atom stereocenters. The molecule has 0 aromatic heterocycles. The van der Waals surface area contributed by atoms with Crippen molar-refractivity contribution >= 4 is 12.4 Å². The zero-order valence-corrected chi connectivity index (χ0v) is 14.9. The Bertz CT molecular complexity index is 353. The van der Waals surface area contributed by atoms with Crippen molar-refractivity contribution in [2.24, 2.45) is 9.98 Å². The van der Waals surface area contributed by atoms with Crippen molar-refractivity contribution in [3.05, 3.63) is 0 Å². The van der Waals surface area contributed by atoms with Crippen LogP contribution in [0.1, 0.15) is 51.4 Å². The molecule has 0 saturated heterocycles. The highest BCUT2D eigenvalue weighted by atomic mass is 16.3. The van der Waals surface area contributed by atoms with E-state index in [0.29, 0.717) is 12.1 Å². The first kappa shape index (κ1) is 19.5. The Hall–Kier alpha value is -0.820. The molecule has 6 heteroatoms. The van der Waals surface area contributed by atoms with E-state index in [2.05, 4.69) is 32.2 Å². The number of hydrogen-bond donors (Lipinski definition) is 2. The molecule has 2 heterocycles. The minimum absolute atomic E-state index is 0.224. The maximum absolute atomic E-state index is 9.04. The lowest BCUT2D eigenvalue weighted by Gasteiger charge is -2.21. The molecular formula is C18H34N4O2. The normalized spacial score (nSPS) is 24.4. The number of aliphatic imine (C=N–C) groups is 2. The predicted octanol–water partition coefficient (Wildman–Crippen LogP) is 1.52. The van der Waals surface area contributed by atoms with E-state index in [0.717, 1.165) is 39.3 Å². The molecule has 0 saturated carbocycles. The molecule has 0 radical (unpaired) electrons. The maximum Gasteiger partial charge on any atom is 0.0912 e. The second kappa shape index (κ2) is 11.7. The van der Waals surface area contributed by atoms with Crippen LogP contribution in [0.5, 0.6) is 0 Å². The molecule has 24 heavy (non-hydrogen) atoms. The van der Waals surface area contributed by atoms with Crippen LogP contribution in [0.2, 0.25) is 0 Å². The topological polar surface area (TPSA) is 71.7 Å². The zero-order chi connectivity index (χ0) is 17.0. The lowest BCUT2D eigenvalue weighted by molar-refractivity contribution is 0.187. The Kier molecular flexibility index (Phi) is 9.50. The van der Waals surface area contributed by atoms with Gasteiger partial charge in [-0.1, -0.05) is 38.5 Å². The van der Waals surface area contributed by atoms with Gasteiger partial charge in [0.25, 0.3) is 0 Å². The summed E-state index contributed by atoms with van der Waals surface area (Å²) in [5, 5.41) is 18.1. The number of aliphatic hydroxyl groups is 2. The number of rotatable bonds is 13. The van der Waals surface area contributed by atoms with Gasteiger partial charge in [0, 0.05) is 37.6 Å².